The molecule has 1 atom stereocenters. The second kappa shape index (κ2) is 6.53. The van der Waals surface area contributed by atoms with E-state index >= 15 is 0 Å². The van der Waals surface area contributed by atoms with Crippen LogP contribution < -0.4 is 4.74 Å². The molecule has 2 rings (SSSR count). The minimum absolute atomic E-state index is 0.171. The highest BCUT2D eigenvalue weighted by Gasteiger charge is 2.23. The minimum Gasteiger partial charge on any atom is -0.491 e. The highest BCUT2D eigenvalue weighted by molar-refractivity contribution is 9.10. The number of halogens is 1. The molecule has 0 aliphatic carbocycles. The zero-order valence-corrected chi connectivity index (χ0v) is 13.9. The normalized spacial score (nSPS) is 13.2. The predicted octanol–water partition coefficient (Wildman–Crippen LogP) is 2.17. The lowest BCUT2D eigenvalue weighted by Crippen LogP contribution is -2.28. The molecule has 1 aromatic carbocycles. The van der Waals surface area contributed by atoms with Gasteiger partial charge in [0.2, 0.25) is 0 Å². The van der Waals surface area contributed by atoms with E-state index in [1.54, 1.807) is 4.68 Å². The van der Waals surface area contributed by atoms with E-state index in [4.69, 9.17) is 4.74 Å². The van der Waals surface area contributed by atoms with Gasteiger partial charge in [0.1, 0.15) is 18.5 Å². The van der Waals surface area contributed by atoms with Gasteiger partial charge in [0, 0.05) is 9.89 Å². The fraction of sp³-hybridized carbons (Fsp3) is 0.500. The summed E-state index contributed by atoms with van der Waals surface area (Å²) in [6, 6.07) is 7.46. The zero-order valence-electron chi connectivity index (χ0n) is 12.3. The maximum Gasteiger partial charge on any atom is 0.156 e. The third kappa shape index (κ3) is 4.50. The number of ether oxygens (including phenoxy) is 1. The molecule has 0 radical (unpaired) electrons. The lowest BCUT2D eigenvalue weighted by atomic mass is 9.96. The Hall–Kier alpha value is -1.47. The summed E-state index contributed by atoms with van der Waals surface area (Å²) in [5.74, 6) is 1.45. The Morgan fingerprint density at radius 2 is 1.95 bits per heavy atom. The first-order valence-electron chi connectivity index (χ1n) is 6.69. The molecule has 1 heterocycles. The Balaban J connectivity index is 1.92. The smallest absolute Gasteiger partial charge is 0.156 e. The van der Waals surface area contributed by atoms with E-state index in [-0.39, 0.29) is 12.0 Å². The molecule has 0 amide bonds. The molecule has 0 aliphatic heterocycles. The third-order valence-electron chi connectivity index (χ3n) is 2.84. The highest BCUT2D eigenvalue weighted by Crippen LogP contribution is 2.19. The molecule has 6 nitrogen and oxygen atoms in total. The molecule has 0 fully saturated rings. The summed E-state index contributed by atoms with van der Waals surface area (Å²) in [6.45, 7) is 6.57. The van der Waals surface area contributed by atoms with E-state index in [1.165, 1.54) is 0 Å². The molecule has 2 aromatic rings. The largest absolute Gasteiger partial charge is 0.491 e. The Morgan fingerprint density at radius 3 is 2.57 bits per heavy atom. The van der Waals surface area contributed by atoms with Crippen molar-refractivity contribution in [3.63, 3.8) is 0 Å². The van der Waals surface area contributed by atoms with Crippen molar-refractivity contribution in [2.24, 2.45) is 0 Å². The first-order chi connectivity index (χ1) is 9.86. The van der Waals surface area contributed by atoms with Gasteiger partial charge in [-0.15, -0.1) is 5.10 Å². The number of nitrogens with zero attached hydrogens (tertiary/aromatic N) is 4. The van der Waals surface area contributed by atoms with E-state index in [1.807, 2.05) is 45.0 Å². The van der Waals surface area contributed by atoms with Crippen molar-refractivity contribution in [2.45, 2.75) is 38.8 Å². The topological polar surface area (TPSA) is 73.1 Å². The standard InChI is InChI=1S/C14H19BrN4O2/c1-14(2,3)13-16-17-18-19(13)8-11(20)9-21-12-6-4-10(15)5-7-12/h4-7,11,20H,8-9H2,1-3H3/t11-/m0/s1. The zero-order chi connectivity index (χ0) is 15.5. The Labute approximate surface area is 132 Å². The van der Waals surface area contributed by atoms with Crippen molar-refractivity contribution in [3.05, 3.63) is 34.6 Å². The molecule has 0 bridgehead atoms. The number of hydrogen-bond acceptors (Lipinski definition) is 5. The third-order valence-corrected chi connectivity index (χ3v) is 3.37. The quantitative estimate of drug-likeness (QED) is 0.890. The van der Waals surface area contributed by atoms with Gasteiger partial charge in [0.15, 0.2) is 5.82 Å². The van der Waals surface area contributed by atoms with Crippen molar-refractivity contribution in [3.8, 4) is 5.75 Å². The number of hydrogen-bond donors (Lipinski definition) is 1. The van der Waals surface area contributed by atoms with E-state index < -0.39 is 6.10 Å². The summed E-state index contributed by atoms with van der Waals surface area (Å²) in [4.78, 5) is 0. The number of aromatic nitrogens is 4. The van der Waals surface area contributed by atoms with Gasteiger partial charge in [-0.3, -0.25) is 0 Å². The molecule has 7 heteroatoms. The first kappa shape index (κ1) is 15.9. The van der Waals surface area contributed by atoms with Gasteiger partial charge >= 0.3 is 0 Å². The fourth-order valence-electron chi connectivity index (χ4n) is 1.84. The van der Waals surface area contributed by atoms with Crippen LogP contribution in [0.15, 0.2) is 28.7 Å². The summed E-state index contributed by atoms with van der Waals surface area (Å²) < 4.78 is 8.15. The van der Waals surface area contributed by atoms with Gasteiger partial charge in [-0.1, -0.05) is 36.7 Å². The van der Waals surface area contributed by atoms with Crippen molar-refractivity contribution in [1.82, 2.24) is 20.2 Å². The van der Waals surface area contributed by atoms with Crippen molar-refractivity contribution < 1.29 is 9.84 Å². The second-order valence-corrected chi connectivity index (χ2v) is 6.77. The molecular weight excluding hydrogens is 336 g/mol. The molecule has 114 valence electrons. The molecular formula is C14H19BrN4O2. The van der Waals surface area contributed by atoms with Crippen molar-refractivity contribution >= 4 is 15.9 Å². The van der Waals surface area contributed by atoms with Crippen molar-refractivity contribution in [2.75, 3.05) is 6.61 Å². The summed E-state index contributed by atoms with van der Waals surface area (Å²) in [5, 5.41) is 21.7. The molecule has 1 N–H and O–H groups in total. The van der Waals surface area contributed by atoms with Gasteiger partial charge in [0.05, 0.1) is 6.54 Å². The highest BCUT2D eigenvalue weighted by atomic mass is 79.9. The van der Waals surface area contributed by atoms with Crippen LogP contribution in [0.4, 0.5) is 0 Å². The molecule has 0 aliphatic rings. The average molecular weight is 355 g/mol. The molecule has 0 saturated heterocycles. The average Bonchev–Trinajstić information content (AvgIpc) is 2.86. The number of aliphatic hydroxyl groups excluding tert-OH is 1. The second-order valence-electron chi connectivity index (χ2n) is 5.85. The fourth-order valence-corrected chi connectivity index (χ4v) is 2.10. The van der Waals surface area contributed by atoms with Crippen molar-refractivity contribution in [1.29, 1.82) is 0 Å². The maximum absolute atomic E-state index is 10.1. The van der Waals surface area contributed by atoms with Crippen LogP contribution >= 0.6 is 15.9 Å². The monoisotopic (exact) mass is 354 g/mol. The summed E-state index contributed by atoms with van der Waals surface area (Å²) >= 11 is 3.36. The van der Waals surface area contributed by atoms with Crippen LogP contribution in [0.2, 0.25) is 0 Å². The van der Waals surface area contributed by atoms with E-state index in [9.17, 15) is 5.11 Å². The van der Waals surface area contributed by atoms with E-state index in [0.717, 1.165) is 10.3 Å². The Morgan fingerprint density at radius 1 is 1.29 bits per heavy atom. The molecule has 0 spiro atoms. The molecule has 1 aromatic heterocycles. The van der Waals surface area contributed by atoms with Gasteiger partial charge in [-0.05, 0) is 34.7 Å². The first-order valence-corrected chi connectivity index (χ1v) is 7.48. The molecule has 0 unspecified atom stereocenters. The van der Waals surface area contributed by atoms with Crippen LogP contribution in [0.1, 0.15) is 26.6 Å². The van der Waals surface area contributed by atoms with Crippen LogP contribution in [0.25, 0.3) is 0 Å². The van der Waals surface area contributed by atoms with Gasteiger partial charge in [-0.2, -0.15) is 0 Å². The molecule has 21 heavy (non-hydrogen) atoms. The van der Waals surface area contributed by atoms with E-state index in [2.05, 4.69) is 31.5 Å². The maximum atomic E-state index is 10.1. The summed E-state index contributed by atoms with van der Waals surface area (Å²) in [7, 11) is 0. The summed E-state index contributed by atoms with van der Waals surface area (Å²) in [5.41, 5.74) is -0.171. The lowest BCUT2D eigenvalue weighted by molar-refractivity contribution is 0.0871. The van der Waals surface area contributed by atoms with E-state index in [0.29, 0.717) is 12.3 Å². The van der Waals surface area contributed by atoms with Gasteiger partial charge in [-0.25, -0.2) is 4.68 Å². The minimum atomic E-state index is -0.682. The number of tetrazole rings is 1. The van der Waals surface area contributed by atoms with Crippen LogP contribution in [-0.2, 0) is 12.0 Å². The van der Waals surface area contributed by atoms with Crippen LogP contribution in [0.3, 0.4) is 0 Å². The Bertz CT molecular complexity index is 577. The lowest BCUT2D eigenvalue weighted by Gasteiger charge is -2.19. The van der Waals surface area contributed by atoms with Gasteiger partial charge < -0.3 is 9.84 Å². The predicted molar refractivity (Wildman–Crippen MR) is 82.2 cm³/mol. The SMILES string of the molecule is CC(C)(C)c1nnnn1C[C@H](O)COc1ccc(Br)cc1. The number of aliphatic hydroxyl groups is 1. The van der Waals surface area contributed by atoms with Crippen LogP contribution in [0, 0.1) is 0 Å². The van der Waals surface area contributed by atoms with Crippen LogP contribution in [-0.4, -0.2) is 38.0 Å². The van der Waals surface area contributed by atoms with Crippen LogP contribution in [0.5, 0.6) is 5.75 Å². The number of benzene rings is 1. The molecule has 0 saturated carbocycles. The summed E-state index contributed by atoms with van der Waals surface area (Å²) in [6.07, 6.45) is -0.682. The Kier molecular flexibility index (Phi) is 4.95. The van der Waals surface area contributed by atoms with Gasteiger partial charge in [0.25, 0.3) is 0 Å². The number of rotatable bonds is 5.